The first kappa shape index (κ1) is 13.0. The van der Waals surface area contributed by atoms with Crippen molar-refractivity contribution < 1.29 is 38.0 Å². The number of nitrogens with zero attached hydrogens (tertiary/aromatic N) is 1. The summed E-state index contributed by atoms with van der Waals surface area (Å²) in [6, 6.07) is 0.428. The zero-order valence-corrected chi connectivity index (χ0v) is 10.3. The average molecular weight is 300 g/mol. The molecule has 5 heteroatoms. The number of nitrogens with two attached hydrogens (primary N) is 1. The number of hydrogen-bond acceptors (Lipinski definition) is 2. The van der Waals surface area contributed by atoms with E-state index in [1.165, 1.54) is 6.42 Å². The summed E-state index contributed by atoms with van der Waals surface area (Å²) in [5, 5.41) is 0. The van der Waals surface area contributed by atoms with Crippen LogP contribution >= 0.6 is 0 Å². The van der Waals surface area contributed by atoms with Crippen molar-refractivity contribution in [1.29, 1.82) is 0 Å². The molecule has 78 valence electrons. The fourth-order valence-electron chi connectivity index (χ4n) is 1.73. The summed E-state index contributed by atoms with van der Waals surface area (Å²) < 4.78 is 5.72. The lowest BCUT2D eigenvalue weighted by Crippen LogP contribution is -3.00. The minimum atomic E-state index is -0.665. The van der Waals surface area contributed by atoms with Gasteiger partial charge < -0.3 is 38.9 Å². The number of amides is 1. The van der Waals surface area contributed by atoms with Gasteiger partial charge in [-0.3, -0.25) is 0 Å². The molecule has 0 aliphatic carbocycles. The Morgan fingerprint density at radius 1 is 1.62 bits per heavy atom. The van der Waals surface area contributed by atoms with Crippen LogP contribution in [0, 0.1) is 0 Å². The van der Waals surface area contributed by atoms with E-state index in [1.807, 2.05) is 0 Å². The van der Waals surface area contributed by atoms with Crippen molar-refractivity contribution in [3.63, 3.8) is 0 Å². The van der Waals surface area contributed by atoms with Crippen molar-refractivity contribution in [3.8, 4) is 0 Å². The normalized spacial score (nSPS) is 24.9. The molecular weight excluding hydrogens is 283 g/mol. The van der Waals surface area contributed by atoms with E-state index >= 15 is 0 Å². The third kappa shape index (κ3) is 3.68. The zero-order valence-electron chi connectivity index (χ0n) is 8.12. The number of primary amides is 1. The van der Waals surface area contributed by atoms with Crippen molar-refractivity contribution in [1.82, 2.24) is 0 Å². The van der Waals surface area contributed by atoms with Crippen LogP contribution in [0.2, 0.25) is 0 Å². The molecule has 1 amide bonds. The lowest BCUT2D eigenvalue weighted by molar-refractivity contribution is -0.902. The van der Waals surface area contributed by atoms with Gasteiger partial charge in [0.15, 0.2) is 0 Å². The molecule has 0 saturated carbocycles. The number of carbonyl (C=O) groups excluding carboxylic acids is 1. The second-order valence-corrected chi connectivity index (χ2v) is 3.93. The van der Waals surface area contributed by atoms with Crippen LogP contribution in [0.3, 0.4) is 0 Å². The second kappa shape index (κ2) is 4.99. The maximum absolute atomic E-state index is 10.4. The highest BCUT2D eigenvalue weighted by atomic mass is 127. The fourth-order valence-corrected chi connectivity index (χ4v) is 1.73. The quantitative estimate of drug-likeness (QED) is 0.446. The summed E-state index contributed by atoms with van der Waals surface area (Å²) in [7, 11) is 4.31. The Bertz CT molecular complexity index is 185. The summed E-state index contributed by atoms with van der Waals surface area (Å²) in [5.41, 5.74) is 4.89. The molecule has 1 fully saturated rings. The molecule has 1 aliphatic heterocycles. The van der Waals surface area contributed by atoms with Gasteiger partial charge in [-0.05, 0) is 0 Å². The molecule has 0 bridgehead atoms. The number of hydrogen-bond donors (Lipinski definition) is 1. The van der Waals surface area contributed by atoms with Crippen LogP contribution in [0.1, 0.15) is 12.8 Å². The number of quaternary nitrogens is 1. The predicted molar refractivity (Wildman–Crippen MR) is 45.5 cm³/mol. The first-order valence-electron chi connectivity index (χ1n) is 4.27. The first-order chi connectivity index (χ1) is 5.52. The van der Waals surface area contributed by atoms with Crippen molar-refractivity contribution in [3.05, 3.63) is 0 Å². The van der Waals surface area contributed by atoms with Gasteiger partial charge >= 0.3 is 6.09 Å². The van der Waals surface area contributed by atoms with Gasteiger partial charge in [-0.15, -0.1) is 0 Å². The Morgan fingerprint density at radius 3 is 2.62 bits per heavy atom. The highest BCUT2D eigenvalue weighted by Crippen LogP contribution is 2.21. The lowest BCUT2D eigenvalue weighted by Gasteiger charge is -2.30. The largest absolute Gasteiger partial charge is 1.00 e. The summed E-state index contributed by atoms with van der Waals surface area (Å²) in [6.45, 7) is 1.62. The highest BCUT2D eigenvalue weighted by Gasteiger charge is 2.34. The van der Waals surface area contributed by atoms with Crippen molar-refractivity contribution in [2.45, 2.75) is 18.9 Å². The average Bonchev–Trinajstić information content (AvgIpc) is 2.25. The monoisotopic (exact) mass is 300 g/mol. The molecule has 2 N–H and O–H groups in total. The molecule has 0 aromatic rings. The van der Waals surface area contributed by atoms with Crippen LogP contribution in [0.4, 0.5) is 4.79 Å². The van der Waals surface area contributed by atoms with Crippen molar-refractivity contribution in [2.75, 3.05) is 27.2 Å². The van der Waals surface area contributed by atoms with Crippen LogP contribution in [0.25, 0.3) is 0 Å². The van der Waals surface area contributed by atoms with E-state index in [4.69, 9.17) is 10.5 Å². The molecule has 0 aromatic heterocycles. The summed E-state index contributed by atoms with van der Waals surface area (Å²) >= 11 is 0. The van der Waals surface area contributed by atoms with E-state index in [1.54, 1.807) is 0 Å². The van der Waals surface area contributed by atoms with Crippen molar-refractivity contribution in [2.24, 2.45) is 5.73 Å². The molecule has 4 nitrogen and oxygen atoms in total. The molecule has 0 aromatic carbocycles. The Morgan fingerprint density at radius 2 is 2.23 bits per heavy atom. The van der Waals surface area contributed by atoms with E-state index in [2.05, 4.69) is 14.1 Å². The van der Waals surface area contributed by atoms with Gasteiger partial charge in [0.1, 0.15) is 12.6 Å². The molecule has 0 unspecified atom stereocenters. The number of carbonyl (C=O) groups is 1. The SMILES string of the molecule is C[N+]1(C)CCC[C@H]1COC(N)=O.[I-]. The van der Waals surface area contributed by atoms with Gasteiger partial charge in [-0.1, -0.05) is 0 Å². The Kier molecular flexibility index (Phi) is 4.98. The molecular formula is C8H17IN2O2. The number of likely N-dealkylation sites (tertiary alicyclic amines) is 1. The van der Waals surface area contributed by atoms with Gasteiger partial charge in [0.25, 0.3) is 0 Å². The number of likely N-dealkylation sites (N-methyl/N-ethyl adjacent to an activating group) is 1. The minimum absolute atomic E-state index is 0. The second-order valence-electron chi connectivity index (χ2n) is 3.93. The highest BCUT2D eigenvalue weighted by molar-refractivity contribution is 5.64. The molecule has 0 radical (unpaired) electrons. The first-order valence-corrected chi connectivity index (χ1v) is 4.27. The van der Waals surface area contributed by atoms with E-state index in [9.17, 15) is 4.79 Å². The van der Waals surface area contributed by atoms with Crippen molar-refractivity contribution >= 4 is 6.09 Å². The molecule has 1 rings (SSSR count). The van der Waals surface area contributed by atoms with Crippen LogP contribution in [-0.2, 0) is 4.74 Å². The maximum atomic E-state index is 10.4. The number of ether oxygens (including phenoxy) is 1. The van der Waals surface area contributed by atoms with Gasteiger partial charge in [0.05, 0.1) is 20.6 Å². The van der Waals surface area contributed by atoms with E-state index < -0.39 is 6.09 Å². The molecule has 1 heterocycles. The number of halogens is 1. The van der Waals surface area contributed by atoms with Crippen LogP contribution < -0.4 is 29.7 Å². The van der Waals surface area contributed by atoms with Crippen LogP contribution in [0.15, 0.2) is 0 Å². The van der Waals surface area contributed by atoms with Gasteiger partial charge in [-0.2, -0.15) is 0 Å². The third-order valence-electron chi connectivity index (χ3n) is 2.68. The Labute approximate surface area is 96.0 Å². The molecule has 1 saturated heterocycles. The number of rotatable bonds is 2. The summed E-state index contributed by atoms with van der Waals surface area (Å²) in [4.78, 5) is 10.4. The summed E-state index contributed by atoms with van der Waals surface area (Å²) in [5.74, 6) is 0. The molecule has 1 aliphatic rings. The van der Waals surface area contributed by atoms with E-state index in [-0.39, 0.29) is 24.0 Å². The predicted octanol–water partition coefficient (Wildman–Crippen LogP) is -2.68. The lowest BCUT2D eigenvalue weighted by atomic mass is 10.2. The zero-order chi connectivity index (χ0) is 9.19. The minimum Gasteiger partial charge on any atom is -1.00 e. The van der Waals surface area contributed by atoms with E-state index in [0.717, 1.165) is 17.4 Å². The smallest absolute Gasteiger partial charge is 0.404 e. The molecule has 1 atom stereocenters. The Balaban J connectivity index is 0.00000144. The van der Waals surface area contributed by atoms with E-state index in [0.29, 0.717) is 12.6 Å². The van der Waals surface area contributed by atoms with Gasteiger partial charge in [0, 0.05) is 12.8 Å². The van der Waals surface area contributed by atoms with Crippen LogP contribution in [-0.4, -0.2) is 43.9 Å². The standard InChI is InChI=1S/C8H16N2O2.HI/c1-10(2)5-3-4-7(10)6-12-8(9)11;/h7H,3-6H2,1-2H3,(H-,9,11);1H/t7-;/m0./s1. The topological polar surface area (TPSA) is 52.3 Å². The summed E-state index contributed by atoms with van der Waals surface area (Å²) in [6.07, 6.45) is 1.67. The third-order valence-corrected chi connectivity index (χ3v) is 2.68. The molecule has 13 heavy (non-hydrogen) atoms. The van der Waals surface area contributed by atoms with Gasteiger partial charge in [0.2, 0.25) is 0 Å². The van der Waals surface area contributed by atoms with Gasteiger partial charge in [-0.25, -0.2) is 4.79 Å². The maximum Gasteiger partial charge on any atom is 0.404 e. The molecule has 0 spiro atoms. The van der Waals surface area contributed by atoms with Crippen LogP contribution in [0.5, 0.6) is 0 Å². The Hall–Kier alpha value is -0.0400. The fraction of sp³-hybridized carbons (Fsp3) is 0.875.